The van der Waals surface area contributed by atoms with Gasteiger partial charge < -0.3 is 14.8 Å². The first kappa shape index (κ1) is 16.9. The Labute approximate surface area is 152 Å². The summed E-state index contributed by atoms with van der Waals surface area (Å²) in [5.41, 5.74) is 1.55. The number of rotatable bonds is 4. The van der Waals surface area contributed by atoms with Crippen LogP contribution < -0.4 is 14.8 Å². The maximum atomic E-state index is 12.5. The predicted molar refractivity (Wildman–Crippen MR) is 95.5 cm³/mol. The Hall–Kier alpha value is -2.57. The number of hydrogen-bond donors (Lipinski definition) is 1. The number of pyridine rings is 1. The third kappa shape index (κ3) is 3.81. The fraction of sp³-hybridized carbons (Fsp3) is 0.526. The highest BCUT2D eigenvalue weighted by molar-refractivity contribution is 5.92. The van der Waals surface area contributed by atoms with E-state index < -0.39 is 0 Å². The molecule has 1 amide bonds. The number of fused-ring (bicyclic) bond motifs is 1. The number of aryl methyl sites for hydroxylation is 2. The smallest absolute Gasteiger partial charge is 0.272 e. The molecular formula is C19H24N4O3. The first-order chi connectivity index (χ1) is 12.7. The van der Waals surface area contributed by atoms with Gasteiger partial charge >= 0.3 is 0 Å². The minimum absolute atomic E-state index is 0.125. The molecule has 4 rings (SSSR count). The van der Waals surface area contributed by atoms with Gasteiger partial charge in [0.2, 0.25) is 11.8 Å². The largest absolute Gasteiger partial charge is 0.478 e. The molecule has 1 aliphatic heterocycles. The van der Waals surface area contributed by atoms with Crippen molar-refractivity contribution in [3.8, 4) is 11.8 Å². The van der Waals surface area contributed by atoms with Crippen LogP contribution in [0.3, 0.4) is 0 Å². The number of nitrogens with zero attached hydrogens (tertiary/aromatic N) is 3. The molecule has 0 atom stereocenters. The van der Waals surface area contributed by atoms with Gasteiger partial charge in [0.05, 0.1) is 6.61 Å². The summed E-state index contributed by atoms with van der Waals surface area (Å²) in [5, 5.41) is 7.44. The van der Waals surface area contributed by atoms with E-state index in [-0.39, 0.29) is 18.1 Å². The molecule has 1 aliphatic carbocycles. The lowest BCUT2D eigenvalue weighted by atomic mass is 9.93. The van der Waals surface area contributed by atoms with E-state index >= 15 is 0 Å². The molecule has 0 radical (unpaired) electrons. The maximum absolute atomic E-state index is 12.5. The van der Waals surface area contributed by atoms with Crippen molar-refractivity contribution in [3.05, 3.63) is 35.7 Å². The van der Waals surface area contributed by atoms with Crippen LogP contribution in [0.25, 0.3) is 0 Å². The van der Waals surface area contributed by atoms with Crippen LogP contribution in [-0.4, -0.2) is 39.4 Å². The van der Waals surface area contributed by atoms with Gasteiger partial charge in [-0.3, -0.25) is 4.79 Å². The zero-order valence-electron chi connectivity index (χ0n) is 15.0. The fourth-order valence-corrected chi connectivity index (χ4v) is 3.46. The Bertz CT molecular complexity index is 740. The molecule has 2 aromatic heterocycles. The molecule has 1 fully saturated rings. The summed E-state index contributed by atoms with van der Waals surface area (Å²) in [5.74, 6) is 1.23. The summed E-state index contributed by atoms with van der Waals surface area (Å²) in [6.07, 6.45) is 6.50. The van der Waals surface area contributed by atoms with Gasteiger partial charge in [0, 0.05) is 37.3 Å². The Morgan fingerprint density at radius 3 is 2.88 bits per heavy atom. The lowest BCUT2D eigenvalue weighted by Gasteiger charge is -2.29. The third-order valence-corrected chi connectivity index (χ3v) is 4.92. The van der Waals surface area contributed by atoms with Gasteiger partial charge in [0.25, 0.3) is 5.91 Å². The molecule has 2 aliphatic rings. The lowest BCUT2D eigenvalue weighted by Crippen LogP contribution is -2.40. The minimum Gasteiger partial charge on any atom is -0.478 e. The molecular weight excluding hydrogens is 332 g/mol. The van der Waals surface area contributed by atoms with Gasteiger partial charge in [-0.25, -0.2) is 9.67 Å². The van der Waals surface area contributed by atoms with Gasteiger partial charge in [-0.15, -0.1) is 0 Å². The predicted octanol–water partition coefficient (Wildman–Crippen LogP) is 2.49. The number of amides is 1. The van der Waals surface area contributed by atoms with E-state index in [1.54, 1.807) is 10.7 Å². The van der Waals surface area contributed by atoms with Crippen molar-refractivity contribution in [2.75, 3.05) is 6.61 Å². The molecule has 138 valence electrons. The van der Waals surface area contributed by atoms with Gasteiger partial charge in [0.1, 0.15) is 6.10 Å². The number of nitrogens with one attached hydrogen (secondary N) is 1. The zero-order chi connectivity index (χ0) is 17.9. The minimum atomic E-state index is -0.125. The summed E-state index contributed by atoms with van der Waals surface area (Å²) in [7, 11) is 0. The van der Waals surface area contributed by atoms with Gasteiger partial charge in [0.15, 0.2) is 5.69 Å². The summed E-state index contributed by atoms with van der Waals surface area (Å²) in [6, 6.07) is 5.80. The van der Waals surface area contributed by atoms with E-state index in [0.717, 1.165) is 44.2 Å². The quantitative estimate of drug-likeness (QED) is 0.911. The first-order valence-electron chi connectivity index (χ1n) is 9.28. The molecule has 0 bridgehead atoms. The van der Waals surface area contributed by atoms with Crippen molar-refractivity contribution in [2.24, 2.45) is 0 Å². The van der Waals surface area contributed by atoms with Crippen LogP contribution in [-0.2, 0) is 6.54 Å². The number of carbonyl (C=O) groups is 1. The van der Waals surface area contributed by atoms with Crippen LogP contribution in [0.4, 0.5) is 0 Å². The van der Waals surface area contributed by atoms with Crippen molar-refractivity contribution in [3.63, 3.8) is 0 Å². The highest BCUT2D eigenvalue weighted by Crippen LogP contribution is 2.24. The first-order valence-corrected chi connectivity index (χ1v) is 9.28. The summed E-state index contributed by atoms with van der Waals surface area (Å²) >= 11 is 0. The van der Waals surface area contributed by atoms with Crippen molar-refractivity contribution >= 4 is 5.91 Å². The average molecular weight is 356 g/mol. The Morgan fingerprint density at radius 2 is 2.15 bits per heavy atom. The highest BCUT2D eigenvalue weighted by atomic mass is 16.5. The highest BCUT2D eigenvalue weighted by Gasteiger charge is 2.26. The summed E-state index contributed by atoms with van der Waals surface area (Å²) in [6.45, 7) is 3.50. The second kappa shape index (κ2) is 7.35. The second-order valence-electron chi connectivity index (χ2n) is 7.03. The number of carbonyl (C=O) groups excluding carboxylic acids is 1. The third-order valence-electron chi connectivity index (χ3n) is 4.92. The molecule has 0 unspecified atom stereocenters. The van der Waals surface area contributed by atoms with E-state index in [1.165, 1.54) is 0 Å². The summed E-state index contributed by atoms with van der Waals surface area (Å²) < 4.78 is 13.2. The standard InChI is InChI=1S/C19H24N4O3/c1-13-3-8-17(20-12-13)26-15-6-4-14(5-7-15)21-19(24)16-11-18-23(22-16)9-2-10-25-18/h3,8,11-12,14-15H,2,4-7,9-10H2,1H3,(H,21,24). The van der Waals surface area contributed by atoms with E-state index in [2.05, 4.69) is 15.4 Å². The van der Waals surface area contributed by atoms with E-state index in [9.17, 15) is 4.79 Å². The van der Waals surface area contributed by atoms with Crippen molar-refractivity contribution in [1.82, 2.24) is 20.1 Å². The van der Waals surface area contributed by atoms with E-state index in [1.807, 2.05) is 25.3 Å². The van der Waals surface area contributed by atoms with Crippen molar-refractivity contribution in [2.45, 2.75) is 57.7 Å². The fourth-order valence-electron chi connectivity index (χ4n) is 3.46. The number of hydrogen-bond acceptors (Lipinski definition) is 5. The Balaban J connectivity index is 1.27. The molecule has 26 heavy (non-hydrogen) atoms. The Kier molecular flexibility index (Phi) is 4.77. The molecule has 2 aromatic rings. The van der Waals surface area contributed by atoms with Crippen LogP contribution in [0, 0.1) is 6.92 Å². The molecule has 0 spiro atoms. The normalized spacial score (nSPS) is 22.2. The molecule has 0 aromatic carbocycles. The van der Waals surface area contributed by atoms with Crippen LogP contribution in [0.15, 0.2) is 24.4 Å². The molecule has 7 heteroatoms. The van der Waals surface area contributed by atoms with Gasteiger partial charge in [-0.1, -0.05) is 6.07 Å². The van der Waals surface area contributed by atoms with Crippen LogP contribution in [0.1, 0.15) is 48.2 Å². The van der Waals surface area contributed by atoms with Gasteiger partial charge in [-0.2, -0.15) is 5.10 Å². The monoisotopic (exact) mass is 356 g/mol. The maximum Gasteiger partial charge on any atom is 0.272 e. The molecule has 1 saturated carbocycles. The lowest BCUT2D eigenvalue weighted by molar-refractivity contribution is 0.0884. The van der Waals surface area contributed by atoms with E-state index in [4.69, 9.17) is 9.47 Å². The number of ether oxygens (including phenoxy) is 2. The van der Waals surface area contributed by atoms with Crippen molar-refractivity contribution in [1.29, 1.82) is 0 Å². The van der Waals surface area contributed by atoms with Gasteiger partial charge in [-0.05, 0) is 38.2 Å². The Morgan fingerprint density at radius 1 is 1.31 bits per heavy atom. The molecule has 7 nitrogen and oxygen atoms in total. The average Bonchev–Trinajstić information content (AvgIpc) is 3.10. The molecule has 3 heterocycles. The molecule has 0 saturated heterocycles. The molecule has 1 N–H and O–H groups in total. The zero-order valence-corrected chi connectivity index (χ0v) is 15.0. The summed E-state index contributed by atoms with van der Waals surface area (Å²) in [4.78, 5) is 16.7. The van der Waals surface area contributed by atoms with Crippen molar-refractivity contribution < 1.29 is 14.3 Å². The SMILES string of the molecule is Cc1ccc(OC2CCC(NC(=O)c3cc4n(n3)CCCO4)CC2)nc1. The van der Waals surface area contributed by atoms with Crippen LogP contribution >= 0.6 is 0 Å². The van der Waals surface area contributed by atoms with E-state index in [0.29, 0.717) is 24.1 Å². The number of aromatic nitrogens is 3. The van der Waals surface area contributed by atoms with Crippen LogP contribution in [0.2, 0.25) is 0 Å². The second-order valence-corrected chi connectivity index (χ2v) is 7.03. The van der Waals surface area contributed by atoms with Crippen LogP contribution in [0.5, 0.6) is 11.8 Å². The topological polar surface area (TPSA) is 78.3 Å².